The Bertz CT molecular complexity index is 1830. The zero-order chi connectivity index (χ0) is 29.4. The monoisotopic (exact) mass is 560 g/mol. The molecule has 10 nitrogen and oxygen atoms in total. The summed E-state index contributed by atoms with van der Waals surface area (Å²) < 4.78 is 13.1. The summed E-state index contributed by atoms with van der Waals surface area (Å²) >= 11 is 0. The van der Waals surface area contributed by atoms with Crippen LogP contribution in [0.4, 0.5) is 28.4 Å². The smallest absolute Gasteiger partial charge is 0.269 e. The zero-order valence-corrected chi connectivity index (χ0v) is 22.6. The summed E-state index contributed by atoms with van der Waals surface area (Å²) in [4.78, 5) is 23.5. The van der Waals surface area contributed by atoms with E-state index in [1.54, 1.807) is 38.5 Å². The fraction of sp³-hybridized carbons (Fsp3) is 0.0625. The van der Waals surface area contributed by atoms with E-state index in [1.807, 2.05) is 65.6 Å². The Kier molecular flexibility index (Phi) is 6.63. The van der Waals surface area contributed by atoms with Gasteiger partial charge in [0.25, 0.3) is 11.4 Å². The predicted octanol–water partition coefficient (Wildman–Crippen LogP) is 8.09. The van der Waals surface area contributed by atoms with Crippen molar-refractivity contribution in [2.45, 2.75) is 0 Å². The topological polar surface area (TPSA) is 113 Å². The van der Waals surface area contributed by atoms with Crippen LogP contribution in [-0.2, 0) is 0 Å². The summed E-state index contributed by atoms with van der Waals surface area (Å²) in [5.74, 6) is 1.50. The normalized spacial score (nSPS) is 11.0. The average molecular weight is 561 g/mol. The first-order valence-electron chi connectivity index (χ1n) is 12.9. The molecule has 0 atom stereocenters. The third kappa shape index (κ3) is 4.60. The Morgan fingerprint density at radius 2 is 0.952 bits per heavy atom. The molecule has 1 aromatic heterocycles. The van der Waals surface area contributed by atoms with E-state index in [-0.39, 0.29) is 11.4 Å². The lowest BCUT2D eigenvalue weighted by Crippen LogP contribution is -2.10. The second-order valence-corrected chi connectivity index (χ2v) is 9.50. The SMILES string of the molecule is COc1ccc2c(c1)c1cc(OC)ccc1n2-c1ccc(N(c2ccc([N+](=O)[O-])cc2)c2ccc([N+](=O)[O-])cc2)cc1. The average Bonchev–Trinajstić information content (AvgIpc) is 3.34. The molecule has 0 aliphatic carbocycles. The van der Waals surface area contributed by atoms with Gasteiger partial charge in [-0.1, -0.05) is 0 Å². The Hall–Kier alpha value is -5.90. The summed E-state index contributed by atoms with van der Waals surface area (Å²) in [5, 5.41) is 24.5. The lowest BCUT2D eigenvalue weighted by Gasteiger charge is -2.25. The van der Waals surface area contributed by atoms with E-state index < -0.39 is 9.85 Å². The van der Waals surface area contributed by atoms with Crippen LogP contribution in [0.2, 0.25) is 0 Å². The van der Waals surface area contributed by atoms with Crippen molar-refractivity contribution >= 4 is 50.2 Å². The van der Waals surface area contributed by atoms with E-state index in [1.165, 1.54) is 24.3 Å². The largest absolute Gasteiger partial charge is 0.497 e. The highest BCUT2D eigenvalue weighted by molar-refractivity contribution is 6.10. The number of nitro groups is 2. The molecular weight excluding hydrogens is 536 g/mol. The van der Waals surface area contributed by atoms with Crippen LogP contribution in [0.15, 0.2) is 109 Å². The molecule has 0 fully saturated rings. The molecule has 10 heteroatoms. The molecule has 6 rings (SSSR count). The molecular formula is C32H24N4O6. The second-order valence-electron chi connectivity index (χ2n) is 9.50. The van der Waals surface area contributed by atoms with Crippen LogP contribution >= 0.6 is 0 Å². The molecule has 5 aromatic carbocycles. The van der Waals surface area contributed by atoms with Crippen molar-refractivity contribution < 1.29 is 19.3 Å². The van der Waals surface area contributed by atoms with E-state index in [9.17, 15) is 20.2 Å². The zero-order valence-electron chi connectivity index (χ0n) is 22.6. The van der Waals surface area contributed by atoms with Crippen molar-refractivity contribution in [1.29, 1.82) is 0 Å². The van der Waals surface area contributed by atoms with E-state index in [0.717, 1.165) is 44.7 Å². The lowest BCUT2D eigenvalue weighted by molar-refractivity contribution is -0.385. The maximum absolute atomic E-state index is 11.2. The van der Waals surface area contributed by atoms with Crippen LogP contribution in [0, 0.1) is 20.2 Å². The van der Waals surface area contributed by atoms with Gasteiger partial charge in [-0.2, -0.15) is 0 Å². The van der Waals surface area contributed by atoms with Gasteiger partial charge in [0.15, 0.2) is 0 Å². The molecule has 0 radical (unpaired) electrons. The number of fused-ring (bicyclic) bond motifs is 3. The van der Waals surface area contributed by atoms with Gasteiger partial charge >= 0.3 is 0 Å². The van der Waals surface area contributed by atoms with Crippen LogP contribution in [0.5, 0.6) is 11.5 Å². The molecule has 0 saturated carbocycles. The molecule has 6 aromatic rings. The maximum Gasteiger partial charge on any atom is 0.269 e. The highest BCUT2D eigenvalue weighted by atomic mass is 16.6. The number of methoxy groups -OCH3 is 2. The summed E-state index contributed by atoms with van der Waals surface area (Å²) in [7, 11) is 3.28. The minimum atomic E-state index is -0.453. The number of hydrogen-bond acceptors (Lipinski definition) is 7. The molecule has 0 aliphatic rings. The number of hydrogen-bond donors (Lipinski definition) is 0. The van der Waals surface area contributed by atoms with Crippen molar-refractivity contribution in [2.24, 2.45) is 0 Å². The van der Waals surface area contributed by atoms with Crippen LogP contribution in [0.1, 0.15) is 0 Å². The van der Waals surface area contributed by atoms with Gasteiger partial charge in [-0.15, -0.1) is 0 Å². The van der Waals surface area contributed by atoms with Crippen LogP contribution in [-0.4, -0.2) is 28.6 Å². The van der Waals surface area contributed by atoms with E-state index in [2.05, 4.69) is 4.57 Å². The molecule has 0 bridgehead atoms. The van der Waals surface area contributed by atoms with Crippen LogP contribution in [0.3, 0.4) is 0 Å². The first-order valence-corrected chi connectivity index (χ1v) is 12.9. The molecule has 42 heavy (non-hydrogen) atoms. The van der Waals surface area contributed by atoms with Gasteiger partial charge in [0.05, 0.1) is 35.1 Å². The van der Waals surface area contributed by atoms with Crippen LogP contribution < -0.4 is 14.4 Å². The van der Waals surface area contributed by atoms with Gasteiger partial charge in [-0.05, 0) is 84.9 Å². The number of aromatic nitrogens is 1. The Morgan fingerprint density at radius 1 is 0.571 bits per heavy atom. The molecule has 0 amide bonds. The quantitative estimate of drug-likeness (QED) is 0.137. The van der Waals surface area contributed by atoms with E-state index in [0.29, 0.717) is 11.4 Å². The van der Waals surface area contributed by atoms with Gasteiger partial charge in [0, 0.05) is 57.8 Å². The van der Waals surface area contributed by atoms with Crippen LogP contribution in [0.25, 0.3) is 27.5 Å². The first kappa shape index (κ1) is 26.3. The minimum absolute atomic E-state index is 0.0302. The maximum atomic E-state index is 11.2. The molecule has 0 aliphatic heterocycles. The minimum Gasteiger partial charge on any atom is -0.497 e. The second kappa shape index (κ2) is 10.6. The van der Waals surface area contributed by atoms with Crippen molar-refractivity contribution in [3.8, 4) is 17.2 Å². The van der Waals surface area contributed by atoms with Crippen molar-refractivity contribution in [2.75, 3.05) is 19.1 Å². The summed E-state index contributed by atoms with van der Waals surface area (Å²) in [5.41, 5.74) is 4.95. The van der Waals surface area contributed by atoms with Gasteiger partial charge in [-0.3, -0.25) is 20.2 Å². The summed E-state index contributed by atoms with van der Waals surface area (Å²) in [6, 6.07) is 32.1. The van der Waals surface area contributed by atoms with Gasteiger partial charge in [0.2, 0.25) is 0 Å². The molecule has 0 saturated heterocycles. The first-order chi connectivity index (χ1) is 20.4. The number of non-ortho nitro benzene ring substituents is 2. The van der Waals surface area contributed by atoms with Gasteiger partial charge in [0.1, 0.15) is 11.5 Å². The fourth-order valence-corrected chi connectivity index (χ4v) is 5.16. The van der Waals surface area contributed by atoms with Crippen molar-refractivity contribution in [1.82, 2.24) is 4.57 Å². The van der Waals surface area contributed by atoms with Crippen molar-refractivity contribution in [3.63, 3.8) is 0 Å². The summed E-state index contributed by atoms with van der Waals surface area (Å²) in [6.45, 7) is 0. The number of nitro benzene ring substituents is 2. The molecule has 0 spiro atoms. The van der Waals surface area contributed by atoms with Gasteiger partial charge in [-0.25, -0.2) is 0 Å². The number of nitrogens with zero attached hydrogens (tertiary/aromatic N) is 4. The third-order valence-electron chi connectivity index (χ3n) is 7.18. The highest BCUT2D eigenvalue weighted by Gasteiger charge is 2.18. The predicted molar refractivity (Wildman–Crippen MR) is 162 cm³/mol. The number of rotatable bonds is 8. The lowest BCUT2D eigenvalue weighted by atomic mass is 10.1. The molecule has 208 valence electrons. The Balaban J connectivity index is 1.48. The third-order valence-corrected chi connectivity index (χ3v) is 7.18. The number of anilines is 3. The Labute approximate surface area is 239 Å². The number of benzene rings is 5. The summed E-state index contributed by atoms with van der Waals surface area (Å²) in [6.07, 6.45) is 0. The highest BCUT2D eigenvalue weighted by Crippen LogP contribution is 2.39. The molecule has 0 unspecified atom stereocenters. The van der Waals surface area contributed by atoms with Crippen molar-refractivity contribution in [3.05, 3.63) is 129 Å². The fourth-order valence-electron chi connectivity index (χ4n) is 5.16. The Morgan fingerprint density at radius 3 is 1.31 bits per heavy atom. The van der Waals surface area contributed by atoms with E-state index in [4.69, 9.17) is 9.47 Å². The standard InChI is InChI=1S/C32H24N4O6/c1-41-27-15-17-31-29(19-27)30-20-28(42-2)16-18-32(30)34(31)24-5-3-21(4-6-24)33(22-7-11-25(12-8-22)35(37)38)23-9-13-26(14-10-23)36(39)40/h3-20H,1-2H3. The molecule has 1 heterocycles. The molecule has 0 N–H and O–H groups in total. The van der Waals surface area contributed by atoms with E-state index >= 15 is 0 Å². The number of ether oxygens (including phenoxy) is 2. The van der Waals surface area contributed by atoms with Gasteiger partial charge < -0.3 is 18.9 Å².